The highest BCUT2D eigenvalue weighted by Crippen LogP contribution is 2.18. The van der Waals surface area contributed by atoms with Gasteiger partial charge in [-0.05, 0) is 46.3 Å². The summed E-state index contributed by atoms with van der Waals surface area (Å²) in [5, 5.41) is 8.86. The van der Waals surface area contributed by atoms with Crippen LogP contribution in [0.5, 0.6) is 0 Å². The van der Waals surface area contributed by atoms with Gasteiger partial charge in [0.2, 0.25) is 0 Å². The maximum absolute atomic E-state index is 6.31. The van der Waals surface area contributed by atoms with E-state index in [9.17, 15) is 0 Å². The van der Waals surface area contributed by atoms with Crippen molar-refractivity contribution < 1.29 is 0 Å². The lowest BCUT2D eigenvalue weighted by Crippen LogP contribution is -2.30. The molecular formula is C16H31ClN4. The molecule has 0 amide bonds. The lowest BCUT2D eigenvalue weighted by molar-refractivity contribution is 0.367. The summed E-state index contributed by atoms with van der Waals surface area (Å²) < 4.78 is 2.06. The van der Waals surface area contributed by atoms with Crippen molar-refractivity contribution in [2.75, 3.05) is 27.2 Å². The Labute approximate surface area is 134 Å². The lowest BCUT2D eigenvalue weighted by Gasteiger charge is -2.18. The highest BCUT2D eigenvalue weighted by atomic mass is 35.5. The molecule has 0 fully saturated rings. The van der Waals surface area contributed by atoms with Crippen LogP contribution in [0.3, 0.4) is 0 Å². The van der Waals surface area contributed by atoms with Crippen LogP contribution in [0, 0.1) is 0 Å². The Morgan fingerprint density at radius 2 is 2.05 bits per heavy atom. The Morgan fingerprint density at radius 3 is 2.67 bits per heavy atom. The van der Waals surface area contributed by atoms with Gasteiger partial charge in [0.1, 0.15) is 0 Å². The minimum Gasteiger partial charge on any atom is -0.314 e. The monoisotopic (exact) mass is 314 g/mol. The second kappa shape index (κ2) is 10.2. The van der Waals surface area contributed by atoms with Crippen molar-refractivity contribution in [3.63, 3.8) is 0 Å². The van der Waals surface area contributed by atoms with E-state index in [-0.39, 0.29) is 0 Å². The van der Waals surface area contributed by atoms with E-state index in [0.29, 0.717) is 6.04 Å². The van der Waals surface area contributed by atoms with E-state index in [2.05, 4.69) is 47.9 Å². The van der Waals surface area contributed by atoms with Crippen LogP contribution in [0.1, 0.15) is 45.2 Å². The van der Waals surface area contributed by atoms with Crippen LogP contribution < -0.4 is 5.32 Å². The minimum absolute atomic E-state index is 0.586. The van der Waals surface area contributed by atoms with Gasteiger partial charge in [0.25, 0.3) is 0 Å². The van der Waals surface area contributed by atoms with Crippen LogP contribution in [-0.2, 0) is 13.0 Å². The predicted octanol–water partition coefficient (Wildman–Crippen LogP) is 3.20. The molecule has 0 saturated carbocycles. The second-order valence-corrected chi connectivity index (χ2v) is 6.35. The smallest absolute Gasteiger partial charge is 0.0817 e. The van der Waals surface area contributed by atoms with Gasteiger partial charge < -0.3 is 10.2 Å². The normalized spacial score (nSPS) is 13.0. The molecule has 0 aliphatic heterocycles. The van der Waals surface area contributed by atoms with Crippen molar-refractivity contribution in [2.45, 2.75) is 58.5 Å². The molecule has 1 aromatic rings. The van der Waals surface area contributed by atoms with E-state index in [1.807, 2.05) is 0 Å². The Morgan fingerprint density at radius 1 is 1.29 bits per heavy atom. The number of hydrogen-bond donors (Lipinski definition) is 1. The molecule has 0 aliphatic rings. The number of nitrogens with one attached hydrogen (secondary N) is 1. The Balaban J connectivity index is 2.57. The first-order valence-electron chi connectivity index (χ1n) is 8.16. The average molecular weight is 315 g/mol. The Kier molecular flexibility index (Phi) is 8.97. The molecule has 1 atom stereocenters. The lowest BCUT2D eigenvalue weighted by atomic mass is 10.0. The van der Waals surface area contributed by atoms with E-state index in [1.54, 1.807) is 6.20 Å². The van der Waals surface area contributed by atoms with Gasteiger partial charge in [-0.2, -0.15) is 5.10 Å². The first-order chi connectivity index (χ1) is 10.1. The molecule has 0 aliphatic carbocycles. The number of aromatic nitrogens is 2. The summed E-state index contributed by atoms with van der Waals surface area (Å²) in [5.41, 5.74) is 1.18. The van der Waals surface area contributed by atoms with Gasteiger partial charge in [0.15, 0.2) is 0 Å². The third-order valence-electron chi connectivity index (χ3n) is 3.71. The van der Waals surface area contributed by atoms with Gasteiger partial charge in [-0.3, -0.25) is 4.68 Å². The summed E-state index contributed by atoms with van der Waals surface area (Å²) in [6.45, 7) is 7.43. The molecule has 0 aromatic carbocycles. The summed E-state index contributed by atoms with van der Waals surface area (Å²) in [4.78, 5) is 2.17. The highest BCUT2D eigenvalue weighted by Gasteiger charge is 2.13. The Bertz CT molecular complexity index is 390. The van der Waals surface area contributed by atoms with Crippen molar-refractivity contribution in [3.05, 3.63) is 16.9 Å². The molecule has 0 spiro atoms. The zero-order valence-corrected chi connectivity index (χ0v) is 14.8. The first kappa shape index (κ1) is 18.5. The molecule has 1 aromatic heterocycles. The van der Waals surface area contributed by atoms with Gasteiger partial charge in [-0.25, -0.2) is 0 Å². The van der Waals surface area contributed by atoms with Crippen molar-refractivity contribution in [3.8, 4) is 0 Å². The zero-order chi connectivity index (χ0) is 15.7. The topological polar surface area (TPSA) is 33.1 Å². The molecule has 0 radical (unpaired) electrons. The van der Waals surface area contributed by atoms with Crippen LogP contribution in [0.4, 0.5) is 0 Å². The first-order valence-corrected chi connectivity index (χ1v) is 8.54. The fraction of sp³-hybridized carbons (Fsp3) is 0.812. The van der Waals surface area contributed by atoms with Crippen LogP contribution >= 0.6 is 11.6 Å². The summed E-state index contributed by atoms with van der Waals surface area (Å²) in [6, 6.07) is 0.586. The molecule has 1 N–H and O–H groups in total. The third kappa shape index (κ3) is 6.81. The molecule has 122 valence electrons. The van der Waals surface area contributed by atoms with Crippen LogP contribution in [0.15, 0.2) is 6.20 Å². The van der Waals surface area contributed by atoms with Crippen molar-refractivity contribution in [1.29, 1.82) is 0 Å². The maximum atomic E-state index is 6.31. The van der Waals surface area contributed by atoms with Gasteiger partial charge in [0.05, 0.1) is 23.5 Å². The van der Waals surface area contributed by atoms with Crippen LogP contribution in [0.2, 0.25) is 5.02 Å². The fourth-order valence-electron chi connectivity index (χ4n) is 2.48. The highest BCUT2D eigenvalue weighted by molar-refractivity contribution is 6.31. The van der Waals surface area contributed by atoms with E-state index < -0.39 is 0 Å². The number of rotatable bonds is 11. The number of halogens is 1. The van der Waals surface area contributed by atoms with Gasteiger partial charge >= 0.3 is 0 Å². The maximum Gasteiger partial charge on any atom is 0.0817 e. The van der Waals surface area contributed by atoms with Crippen molar-refractivity contribution in [1.82, 2.24) is 20.0 Å². The van der Waals surface area contributed by atoms with E-state index in [0.717, 1.165) is 37.5 Å². The quantitative estimate of drug-likeness (QED) is 0.681. The van der Waals surface area contributed by atoms with Crippen molar-refractivity contribution in [2.24, 2.45) is 0 Å². The standard InChI is InChI=1S/C16H31ClN4/c1-5-7-14(18-10-6-2)8-9-16-15(17)13-19-21(16)12-11-20(3)4/h13-14,18H,5-12H2,1-4H3. The SMILES string of the molecule is CCCNC(CCC)CCc1c(Cl)cnn1CCN(C)C. The summed E-state index contributed by atoms with van der Waals surface area (Å²) in [6.07, 6.45) is 7.52. The molecule has 0 saturated heterocycles. The van der Waals surface area contributed by atoms with Gasteiger partial charge in [0, 0.05) is 12.6 Å². The van der Waals surface area contributed by atoms with E-state index in [4.69, 9.17) is 11.6 Å². The van der Waals surface area contributed by atoms with Crippen molar-refractivity contribution >= 4 is 11.6 Å². The molecule has 1 unspecified atom stereocenters. The zero-order valence-electron chi connectivity index (χ0n) is 14.0. The number of likely N-dealkylation sites (N-methyl/N-ethyl adjacent to an activating group) is 1. The summed E-state index contributed by atoms with van der Waals surface area (Å²) in [7, 11) is 4.16. The summed E-state index contributed by atoms with van der Waals surface area (Å²) >= 11 is 6.31. The molecule has 1 rings (SSSR count). The minimum atomic E-state index is 0.586. The van der Waals surface area contributed by atoms with E-state index in [1.165, 1.54) is 25.0 Å². The average Bonchev–Trinajstić information content (AvgIpc) is 2.80. The fourth-order valence-corrected chi connectivity index (χ4v) is 2.72. The largest absolute Gasteiger partial charge is 0.314 e. The second-order valence-electron chi connectivity index (χ2n) is 5.94. The molecule has 0 bridgehead atoms. The van der Waals surface area contributed by atoms with Crippen LogP contribution in [-0.4, -0.2) is 47.9 Å². The molecule has 5 heteroatoms. The number of nitrogens with zero attached hydrogens (tertiary/aromatic N) is 3. The molecule has 21 heavy (non-hydrogen) atoms. The van der Waals surface area contributed by atoms with Crippen LogP contribution in [0.25, 0.3) is 0 Å². The van der Waals surface area contributed by atoms with Gasteiger partial charge in [-0.15, -0.1) is 0 Å². The molecule has 1 heterocycles. The summed E-state index contributed by atoms with van der Waals surface area (Å²) in [5.74, 6) is 0. The van der Waals surface area contributed by atoms with Gasteiger partial charge in [-0.1, -0.05) is 31.9 Å². The van der Waals surface area contributed by atoms with E-state index >= 15 is 0 Å². The third-order valence-corrected chi connectivity index (χ3v) is 4.02. The predicted molar refractivity (Wildman–Crippen MR) is 91.1 cm³/mol. The number of hydrogen-bond acceptors (Lipinski definition) is 3. The molecule has 4 nitrogen and oxygen atoms in total. The molecular weight excluding hydrogens is 284 g/mol. The Hall–Kier alpha value is -0.580.